The van der Waals surface area contributed by atoms with Crippen LogP contribution in [0.3, 0.4) is 0 Å². The monoisotopic (exact) mass is 486 g/mol. The molecule has 1 saturated heterocycles. The molecular formula is C22H27ClO10. The number of Topliss-reactive ketones (excluding diaryl/α,β-unsaturated/α-hetero) is 1. The van der Waals surface area contributed by atoms with Gasteiger partial charge in [-0.15, -0.1) is 11.6 Å². The summed E-state index contributed by atoms with van der Waals surface area (Å²) in [5.74, 6) is -4.75. The van der Waals surface area contributed by atoms with Crippen LogP contribution in [0.5, 0.6) is 0 Å². The first-order valence-corrected chi connectivity index (χ1v) is 10.6. The SMILES string of the molecule is COC1(c2ccc(C)c(C(=O)CCl)c2)OC(COC(C)=O)C(O)C(OC(C)=O)C1OC(C)=O. The van der Waals surface area contributed by atoms with Gasteiger partial charge in [0.2, 0.25) is 5.79 Å². The van der Waals surface area contributed by atoms with E-state index in [1.165, 1.54) is 20.1 Å². The molecule has 5 unspecified atom stereocenters. The first-order chi connectivity index (χ1) is 15.5. The lowest BCUT2D eigenvalue weighted by molar-refractivity contribution is -0.367. The van der Waals surface area contributed by atoms with Crippen LogP contribution in [0.25, 0.3) is 0 Å². The second-order valence-electron chi connectivity index (χ2n) is 7.51. The molecule has 10 nitrogen and oxygen atoms in total. The van der Waals surface area contributed by atoms with Gasteiger partial charge in [-0.3, -0.25) is 19.2 Å². The number of benzene rings is 1. The number of hydrogen-bond donors (Lipinski definition) is 1. The van der Waals surface area contributed by atoms with E-state index in [-0.39, 0.29) is 22.8 Å². The molecule has 182 valence electrons. The highest BCUT2D eigenvalue weighted by Gasteiger charge is 2.60. The molecule has 5 atom stereocenters. The molecule has 0 aromatic heterocycles. The summed E-state index contributed by atoms with van der Waals surface area (Å²) in [7, 11) is 1.25. The molecule has 2 rings (SSSR count). The Morgan fingerprint density at radius 2 is 1.73 bits per heavy atom. The Morgan fingerprint density at radius 1 is 1.09 bits per heavy atom. The van der Waals surface area contributed by atoms with E-state index in [9.17, 15) is 24.3 Å². The van der Waals surface area contributed by atoms with Gasteiger partial charge in [0.05, 0.1) is 5.88 Å². The van der Waals surface area contributed by atoms with Crippen LogP contribution in [-0.4, -0.2) is 72.8 Å². The summed E-state index contributed by atoms with van der Waals surface area (Å²) in [6.07, 6.45) is -5.71. The second-order valence-corrected chi connectivity index (χ2v) is 7.78. The number of carbonyl (C=O) groups is 4. The lowest BCUT2D eigenvalue weighted by Gasteiger charge is -2.49. The van der Waals surface area contributed by atoms with Crippen LogP contribution in [0.15, 0.2) is 18.2 Å². The average molecular weight is 487 g/mol. The minimum Gasteiger partial charge on any atom is -0.463 e. The number of ketones is 1. The molecule has 33 heavy (non-hydrogen) atoms. The van der Waals surface area contributed by atoms with Crippen LogP contribution in [0.2, 0.25) is 0 Å². The number of aliphatic hydroxyl groups excluding tert-OH is 1. The van der Waals surface area contributed by atoms with Gasteiger partial charge in [0.1, 0.15) is 18.8 Å². The molecule has 11 heteroatoms. The fourth-order valence-corrected chi connectivity index (χ4v) is 3.82. The van der Waals surface area contributed by atoms with Crippen LogP contribution in [0.4, 0.5) is 0 Å². The van der Waals surface area contributed by atoms with E-state index >= 15 is 0 Å². The summed E-state index contributed by atoms with van der Waals surface area (Å²) in [6, 6.07) is 4.66. The van der Waals surface area contributed by atoms with E-state index in [1.807, 2.05) is 0 Å². The van der Waals surface area contributed by atoms with Crippen LogP contribution in [0.1, 0.15) is 42.3 Å². The maximum Gasteiger partial charge on any atom is 0.303 e. The number of hydrogen-bond acceptors (Lipinski definition) is 10. The number of esters is 3. The van der Waals surface area contributed by atoms with Gasteiger partial charge in [0, 0.05) is 39.0 Å². The number of aryl methyl sites for hydroxylation is 1. The number of ether oxygens (including phenoxy) is 5. The standard InChI is InChI=1S/C22H27ClO10/c1-11-6-7-15(8-16(11)17(27)9-23)22(29-5)21(32-14(4)26)20(31-13(3)25)19(28)18(33-22)10-30-12(2)24/h6-8,18-21,28H,9-10H2,1-5H3. The third-order valence-electron chi connectivity index (χ3n) is 5.13. The molecule has 1 aromatic carbocycles. The van der Waals surface area contributed by atoms with Crippen molar-refractivity contribution in [2.24, 2.45) is 0 Å². The van der Waals surface area contributed by atoms with E-state index in [0.29, 0.717) is 5.56 Å². The summed E-state index contributed by atoms with van der Waals surface area (Å²) < 4.78 is 27.5. The largest absolute Gasteiger partial charge is 0.463 e. The highest BCUT2D eigenvalue weighted by Crippen LogP contribution is 2.42. The second kappa shape index (κ2) is 11.1. The van der Waals surface area contributed by atoms with Crippen molar-refractivity contribution in [2.75, 3.05) is 19.6 Å². The highest BCUT2D eigenvalue weighted by molar-refractivity contribution is 6.30. The Balaban J connectivity index is 2.71. The minimum atomic E-state index is -1.94. The molecule has 1 aromatic rings. The summed E-state index contributed by atoms with van der Waals surface area (Å²) in [5, 5.41) is 10.9. The molecule has 1 fully saturated rings. The molecule has 0 bridgehead atoms. The maximum atomic E-state index is 12.4. The molecule has 0 radical (unpaired) electrons. The Labute approximate surface area is 196 Å². The van der Waals surface area contributed by atoms with Crippen molar-refractivity contribution in [1.29, 1.82) is 0 Å². The molecular weight excluding hydrogens is 460 g/mol. The van der Waals surface area contributed by atoms with Crippen LogP contribution < -0.4 is 0 Å². The first kappa shape index (κ1) is 26.7. The van der Waals surface area contributed by atoms with Crippen molar-refractivity contribution in [3.05, 3.63) is 34.9 Å². The fraction of sp³-hybridized carbons (Fsp3) is 0.545. The number of aliphatic hydroxyl groups is 1. The zero-order valence-corrected chi connectivity index (χ0v) is 19.7. The van der Waals surface area contributed by atoms with Crippen molar-refractivity contribution in [2.45, 2.75) is 57.9 Å². The molecule has 1 aliphatic heterocycles. The smallest absolute Gasteiger partial charge is 0.303 e. The Bertz CT molecular complexity index is 916. The summed E-state index contributed by atoms with van der Waals surface area (Å²) in [6.45, 7) is 4.72. The molecule has 0 saturated carbocycles. The predicted octanol–water partition coefficient (Wildman–Crippen LogP) is 1.40. The van der Waals surface area contributed by atoms with Gasteiger partial charge in [0.25, 0.3) is 0 Å². The number of halogens is 1. The predicted molar refractivity (Wildman–Crippen MR) is 114 cm³/mol. The zero-order valence-electron chi connectivity index (χ0n) is 19.0. The van der Waals surface area contributed by atoms with Gasteiger partial charge >= 0.3 is 17.9 Å². The van der Waals surface area contributed by atoms with Crippen molar-refractivity contribution >= 4 is 35.3 Å². The van der Waals surface area contributed by atoms with Crippen LogP contribution in [0, 0.1) is 6.92 Å². The number of rotatable bonds is 8. The normalized spacial score (nSPS) is 26.9. The summed E-state index contributed by atoms with van der Waals surface area (Å²) >= 11 is 5.74. The van der Waals surface area contributed by atoms with Crippen molar-refractivity contribution in [1.82, 2.24) is 0 Å². The summed E-state index contributed by atoms with van der Waals surface area (Å²) in [5.41, 5.74) is 1.13. The first-order valence-electron chi connectivity index (χ1n) is 10.1. The third-order valence-corrected chi connectivity index (χ3v) is 5.37. The topological polar surface area (TPSA) is 135 Å². The van der Waals surface area contributed by atoms with Crippen LogP contribution in [-0.2, 0) is 43.9 Å². The number of carbonyl (C=O) groups excluding carboxylic acids is 4. The third kappa shape index (κ3) is 5.89. The number of methoxy groups -OCH3 is 1. The molecule has 0 aliphatic carbocycles. The maximum absolute atomic E-state index is 12.4. The van der Waals surface area contributed by atoms with Crippen molar-refractivity contribution in [3.8, 4) is 0 Å². The van der Waals surface area contributed by atoms with Gasteiger partial charge in [-0.2, -0.15) is 0 Å². The van der Waals surface area contributed by atoms with E-state index in [1.54, 1.807) is 19.1 Å². The molecule has 1 heterocycles. The van der Waals surface area contributed by atoms with Gasteiger partial charge in [-0.1, -0.05) is 12.1 Å². The summed E-state index contributed by atoms with van der Waals surface area (Å²) in [4.78, 5) is 47.5. The van der Waals surface area contributed by atoms with E-state index in [4.69, 9.17) is 35.3 Å². The van der Waals surface area contributed by atoms with E-state index in [2.05, 4.69) is 0 Å². The Hall–Kier alpha value is -2.53. The average Bonchev–Trinajstić information content (AvgIpc) is 2.75. The van der Waals surface area contributed by atoms with Gasteiger partial charge in [-0.25, -0.2) is 0 Å². The lowest BCUT2D eigenvalue weighted by Crippen LogP contribution is -2.66. The molecule has 1 aliphatic rings. The van der Waals surface area contributed by atoms with E-state index in [0.717, 1.165) is 13.8 Å². The van der Waals surface area contributed by atoms with Crippen molar-refractivity contribution in [3.63, 3.8) is 0 Å². The van der Waals surface area contributed by atoms with Crippen molar-refractivity contribution < 1.29 is 48.0 Å². The number of alkyl halides is 1. The highest BCUT2D eigenvalue weighted by atomic mass is 35.5. The quantitative estimate of drug-likeness (QED) is 0.248. The lowest BCUT2D eigenvalue weighted by atomic mass is 9.86. The molecule has 0 spiro atoms. The zero-order chi connectivity index (χ0) is 24.9. The van der Waals surface area contributed by atoms with Gasteiger partial charge in [0.15, 0.2) is 18.0 Å². The van der Waals surface area contributed by atoms with Crippen LogP contribution >= 0.6 is 11.6 Å². The van der Waals surface area contributed by atoms with Gasteiger partial charge in [-0.05, 0) is 18.6 Å². The fourth-order valence-electron chi connectivity index (χ4n) is 3.67. The Morgan fingerprint density at radius 3 is 2.24 bits per heavy atom. The molecule has 1 N–H and O–H groups in total. The van der Waals surface area contributed by atoms with E-state index < -0.39 is 54.7 Å². The minimum absolute atomic E-state index is 0.229. The van der Waals surface area contributed by atoms with Gasteiger partial charge < -0.3 is 28.8 Å². The molecule has 0 amide bonds. The Kier molecular flexibility index (Phi) is 8.96.